The highest BCUT2D eigenvalue weighted by molar-refractivity contribution is 7.59. The average molecular weight is 425 g/mol. The molecule has 166 valence electrons. The van der Waals surface area contributed by atoms with Crippen LogP contribution in [0.25, 0.3) is 0 Å². The fraction of sp³-hybridized carbons (Fsp3) is 0.793. The molecule has 6 fully saturated rings. The van der Waals surface area contributed by atoms with Crippen LogP contribution < -0.4 is 0 Å². The Labute approximate surface area is 187 Å². The van der Waals surface area contributed by atoms with E-state index < -0.39 is 0 Å². The first-order chi connectivity index (χ1) is 14.4. The van der Waals surface area contributed by atoms with E-state index in [1.807, 2.05) is 0 Å². The zero-order valence-electron chi connectivity index (χ0n) is 20.0. The Morgan fingerprint density at radius 2 is 1.40 bits per heavy atom. The molecule has 0 aliphatic heterocycles. The van der Waals surface area contributed by atoms with Gasteiger partial charge in [-0.15, -0.1) is 0 Å². The Balaban J connectivity index is 1.47. The number of fused-ring (bicyclic) bond motifs is 8. The van der Waals surface area contributed by atoms with Gasteiger partial charge in [0.25, 0.3) is 0 Å². The van der Waals surface area contributed by atoms with E-state index in [1.165, 1.54) is 38.3 Å². The molecule has 6 aliphatic rings. The van der Waals surface area contributed by atoms with Crippen LogP contribution in [-0.2, 0) is 6.16 Å². The van der Waals surface area contributed by atoms with Crippen LogP contribution in [-0.4, -0.2) is 10.8 Å². The highest BCUT2D eigenvalue weighted by atomic mass is 31.1. The molecule has 0 spiro atoms. The predicted molar refractivity (Wildman–Crippen MR) is 132 cm³/mol. The zero-order valence-corrected chi connectivity index (χ0v) is 20.9. The molecular weight excluding hydrogens is 379 g/mol. The maximum absolute atomic E-state index is 2.78. The van der Waals surface area contributed by atoms with Crippen LogP contribution in [0.3, 0.4) is 0 Å². The third kappa shape index (κ3) is 4.29. The second-order valence-corrected chi connectivity index (χ2v) is 15.7. The largest absolute Gasteiger partial charge is 0.0924 e. The van der Waals surface area contributed by atoms with Crippen LogP contribution in [0.15, 0.2) is 30.3 Å². The van der Waals surface area contributed by atoms with Crippen molar-refractivity contribution in [2.24, 2.45) is 41.4 Å². The Morgan fingerprint density at radius 3 is 2.07 bits per heavy atom. The molecule has 0 amide bonds. The van der Waals surface area contributed by atoms with Gasteiger partial charge in [-0.2, -0.15) is 0 Å². The first-order valence-electron chi connectivity index (χ1n) is 13.2. The molecule has 0 nitrogen and oxygen atoms in total. The first-order valence-corrected chi connectivity index (χ1v) is 14.8. The Kier molecular flexibility index (Phi) is 6.12. The summed E-state index contributed by atoms with van der Waals surface area (Å²) in [7, 11) is 0.0306. The van der Waals surface area contributed by atoms with E-state index in [-0.39, 0.29) is 7.92 Å². The van der Waals surface area contributed by atoms with Gasteiger partial charge >= 0.3 is 0 Å². The van der Waals surface area contributed by atoms with Gasteiger partial charge in [-0.3, -0.25) is 0 Å². The van der Waals surface area contributed by atoms with Crippen molar-refractivity contribution in [3.8, 4) is 0 Å². The molecule has 1 aromatic rings. The van der Waals surface area contributed by atoms with Crippen LogP contribution >= 0.6 is 7.92 Å². The van der Waals surface area contributed by atoms with Crippen molar-refractivity contribution in [2.75, 3.05) is 0 Å². The zero-order chi connectivity index (χ0) is 20.9. The lowest BCUT2D eigenvalue weighted by molar-refractivity contribution is 0.0932. The number of benzene rings is 1. The van der Waals surface area contributed by atoms with E-state index in [0.29, 0.717) is 5.16 Å². The van der Waals surface area contributed by atoms with Gasteiger partial charge in [-0.1, -0.05) is 65.9 Å². The molecule has 0 N–H and O–H groups in total. The summed E-state index contributed by atoms with van der Waals surface area (Å²) in [4.78, 5) is 0. The van der Waals surface area contributed by atoms with Crippen molar-refractivity contribution in [1.82, 2.24) is 0 Å². The minimum absolute atomic E-state index is 0.0306. The lowest BCUT2D eigenvalue weighted by Crippen LogP contribution is -2.49. The summed E-state index contributed by atoms with van der Waals surface area (Å²) < 4.78 is 0. The van der Waals surface area contributed by atoms with E-state index in [2.05, 4.69) is 58.0 Å². The normalized spacial score (nSPS) is 46.9. The van der Waals surface area contributed by atoms with E-state index in [4.69, 9.17) is 0 Å². The highest BCUT2D eigenvalue weighted by Crippen LogP contribution is 2.71. The molecule has 7 rings (SSSR count). The van der Waals surface area contributed by atoms with Gasteiger partial charge in [-0.25, -0.2) is 0 Å². The molecule has 0 radical (unpaired) electrons. The minimum Gasteiger partial charge on any atom is -0.0924 e. The molecule has 7 atom stereocenters. The van der Waals surface area contributed by atoms with Gasteiger partial charge in [0.1, 0.15) is 0 Å². The Morgan fingerprint density at radius 1 is 0.733 bits per heavy atom. The highest BCUT2D eigenvalue weighted by Gasteiger charge is 2.53. The van der Waals surface area contributed by atoms with Crippen LogP contribution in [0.2, 0.25) is 0 Å². The van der Waals surface area contributed by atoms with Crippen LogP contribution in [0, 0.1) is 41.4 Å². The third-order valence-electron chi connectivity index (χ3n) is 9.62. The summed E-state index contributed by atoms with van der Waals surface area (Å²) in [6.45, 7) is 10.5. The van der Waals surface area contributed by atoms with E-state index in [1.54, 1.807) is 31.2 Å². The summed E-state index contributed by atoms with van der Waals surface area (Å²) in [6, 6.07) is 11.6. The molecule has 6 saturated carbocycles. The topological polar surface area (TPSA) is 0 Å². The number of hydrogen-bond donors (Lipinski definition) is 0. The van der Waals surface area contributed by atoms with Gasteiger partial charge in [0, 0.05) is 0 Å². The Hall–Kier alpha value is -0.350. The van der Waals surface area contributed by atoms with Gasteiger partial charge in [0.2, 0.25) is 0 Å². The lowest BCUT2D eigenvalue weighted by Gasteiger charge is -2.59. The molecule has 4 bridgehead atoms. The smallest absolute Gasteiger partial charge is 0.00655 e. The molecule has 6 aliphatic carbocycles. The standard InChI is InChI=1S/C29H45P/c1-20-10-21(2)13-27-16-26(12-20)28(27)30(19-23-8-6-5-7-9-23)29(4)17-22(3)11-24-14-25(15-24)18-29/h5-9,20-22,24-28H,10-19H2,1-4H3. The maximum atomic E-state index is 2.78. The summed E-state index contributed by atoms with van der Waals surface area (Å²) in [6.07, 6.45) is 15.2. The molecule has 0 heterocycles. The molecular formula is C29H45P. The maximum Gasteiger partial charge on any atom is -0.00655 e. The van der Waals surface area contributed by atoms with Gasteiger partial charge in [0.05, 0.1) is 0 Å². The number of rotatable bonds is 4. The SMILES string of the molecule is CC1CC(C)CC2CC(C1)C2P(Cc1ccccc1)C1(C)CC(C)CC2CC(C2)C1. The minimum atomic E-state index is 0.0306. The molecule has 30 heavy (non-hydrogen) atoms. The van der Waals surface area contributed by atoms with Gasteiger partial charge in [-0.05, 0) is 122 Å². The second-order valence-electron chi connectivity index (χ2n) is 12.7. The summed E-state index contributed by atoms with van der Waals surface area (Å²) in [5.41, 5.74) is 2.69. The monoisotopic (exact) mass is 424 g/mol. The first kappa shape index (κ1) is 21.5. The summed E-state index contributed by atoms with van der Waals surface area (Å²) in [5.74, 6) is 7.03. The van der Waals surface area contributed by atoms with Crippen LogP contribution in [0.1, 0.15) is 91.0 Å². The van der Waals surface area contributed by atoms with Crippen molar-refractivity contribution in [1.29, 1.82) is 0 Å². The van der Waals surface area contributed by atoms with Crippen molar-refractivity contribution < 1.29 is 0 Å². The quantitative estimate of drug-likeness (QED) is 0.424. The third-order valence-corrected chi connectivity index (χ3v) is 13.6. The average Bonchev–Trinajstić information content (AvgIpc) is 2.62. The van der Waals surface area contributed by atoms with Gasteiger partial charge < -0.3 is 0 Å². The fourth-order valence-corrected chi connectivity index (χ4v) is 13.2. The summed E-state index contributed by atoms with van der Waals surface area (Å²) >= 11 is 0. The van der Waals surface area contributed by atoms with E-state index in [9.17, 15) is 0 Å². The van der Waals surface area contributed by atoms with Crippen LogP contribution in [0.4, 0.5) is 0 Å². The van der Waals surface area contributed by atoms with Crippen molar-refractivity contribution in [3.05, 3.63) is 35.9 Å². The Bertz CT molecular complexity index is 686. The van der Waals surface area contributed by atoms with Crippen molar-refractivity contribution in [2.45, 2.75) is 102 Å². The number of hydrogen-bond acceptors (Lipinski definition) is 0. The predicted octanol–water partition coefficient (Wildman–Crippen LogP) is 8.73. The van der Waals surface area contributed by atoms with Gasteiger partial charge in [0.15, 0.2) is 0 Å². The molecule has 1 heteroatoms. The van der Waals surface area contributed by atoms with Crippen molar-refractivity contribution in [3.63, 3.8) is 0 Å². The molecule has 7 unspecified atom stereocenters. The lowest BCUT2D eigenvalue weighted by atomic mass is 9.63. The van der Waals surface area contributed by atoms with Crippen LogP contribution in [0.5, 0.6) is 0 Å². The van der Waals surface area contributed by atoms with E-state index >= 15 is 0 Å². The molecule has 0 aromatic heterocycles. The van der Waals surface area contributed by atoms with Crippen molar-refractivity contribution >= 4 is 7.92 Å². The fourth-order valence-electron chi connectivity index (χ4n) is 8.76. The molecule has 1 aromatic carbocycles. The summed E-state index contributed by atoms with van der Waals surface area (Å²) in [5, 5.41) is 0.605. The second kappa shape index (κ2) is 8.54. The molecule has 0 saturated heterocycles. The van der Waals surface area contributed by atoms with E-state index in [0.717, 1.165) is 47.1 Å².